The van der Waals surface area contributed by atoms with E-state index in [1.165, 1.54) is 18.9 Å². The molecule has 2 rings (SSSR count). The zero-order valence-electron chi connectivity index (χ0n) is 11.8. The number of unbranched alkanes of at least 4 members (excludes halogenated alkanes) is 1. The van der Waals surface area contributed by atoms with Crippen molar-refractivity contribution in [2.75, 3.05) is 0 Å². The lowest BCUT2D eigenvalue weighted by atomic mass is 10.2. The van der Waals surface area contributed by atoms with Crippen LogP contribution >= 0.6 is 12.6 Å². The summed E-state index contributed by atoms with van der Waals surface area (Å²) >= 11 is 3.92. The van der Waals surface area contributed by atoms with Crippen LogP contribution in [0.25, 0.3) is 0 Å². The molecule has 1 heterocycles. The predicted molar refractivity (Wildman–Crippen MR) is 78.5 cm³/mol. The van der Waals surface area contributed by atoms with E-state index in [4.69, 9.17) is 0 Å². The first-order valence-electron chi connectivity index (χ1n) is 6.55. The molecule has 0 spiro atoms. The number of imidazole rings is 1. The maximum absolute atomic E-state index is 10.3. The number of aromatic nitrogens is 2. The fraction of sp³-hybridized carbons (Fsp3) is 0.333. The number of thiol groups is 1. The van der Waals surface area contributed by atoms with Crippen molar-refractivity contribution in [3.8, 4) is 0 Å². The van der Waals surface area contributed by atoms with E-state index in [0.717, 1.165) is 6.54 Å². The monoisotopic (exact) mass is 292 g/mol. The Morgan fingerprint density at radius 3 is 2.55 bits per heavy atom. The van der Waals surface area contributed by atoms with Gasteiger partial charge in [-0.1, -0.05) is 31.5 Å². The lowest BCUT2D eigenvalue weighted by Crippen LogP contribution is -2.23. The van der Waals surface area contributed by atoms with Gasteiger partial charge < -0.3 is 9.90 Å². The molecule has 0 aliphatic rings. The minimum absolute atomic E-state index is 0.130. The number of hydrogen-bond donors (Lipinski definition) is 1. The van der Waals surface area contributed by atoms with Gasteiger partial charge in [0.1, 0.15) is 12.4 Å². The van der Waals surface area contributed by atoms with Gasteiger partial charge in [0.2, 0.25) is 6.33 Å². The van der Waals surface area contributed by atoms with Crippen molar-refractivity contribution in [3.63, 3.8) is 0 Å². The van der Waals surface area contributed by atoms with E-state index in [0.29, 0.717) is 4.90 Å². The number of aryl methyl sites for hydroxylation is 2. The maximum Gasteiger partial charge on any atom is 0.243 e. The number of nitrogens with zero attached hydrogens (tertiary/aromatic N) is 2. The van der Waals surface area contributed by atoms with E-state index in [9.17, 15) is 9.90 Å². The van der Waals surface area contributed by atoms with Crippen molar-refractivity contribution >= 4 is 18.6 Å². The van der Waals surface area contributed by atoms with Crippen molar-refractivity contribution in [1.82, 2.24) is 4.57 Å². The molecule has 0 fully saturated rings. The molecule has 0 bridgehead atoms. The van der Waals surface area contributed by atoms with Crippen LogP contribution in [-0.4, -0.2) is 10.5 Å². The third-order valence-corrected chi connectivity index (χ3v) is 3.11. The lowest BCUT2D eigenvalue weighted by molar-refractivity contribution is -0.671. The molecule has 0 N–H and O–H groups in total. The molecule has 20 heavy (non-hydrogen) atoms. The van der Waals surface area contributed by atoms with Crippen LogP contribution in [0.3, 0.4) is 0 Å². The summed E-state index contributed by atoms with van der Waals surface area (Å²) in [6.07, 6.45) is 8.82. The molecule has 108 valence electrons. The number of hydrogen-bond acceptors (Lipinski definition) is 3. The fourth-order valence-corrected chi connectivity index (χ4v) is 1.87. The normalized spacial score (nSPS) is 9.75. The molecule has 0 saturated heterocycles. The summed E-state index contributed by atoms with van der Waals surface area (Å²) in [5.41, 5.74) is 0.130. The van der Waals surface area contributed by atoms with E-state index in [2.05, 4.69) is 47.4 Å². The first kappa shape index (κ1) is 16.3. The Morgan fingerprint density at radius 1 is 1.40 bits per heavy atom. The molecule has 0 unspecified atom stereocenters. The minimum atomic E-state index is -1.19. The summed E-state index contributed by atoms with van der Waals surface area (Å²) in [7, 11) is 2.04. The third-order valence-electron chi connectivity index (χ3n) is 2.72. The molecule has 4 nitrogen and oxygen atoms in total. The second-order valence-corrected chi connectivity index (χ2v) is 4.96. The highest BCUT2D eigenvalue weighted by Crippen LogP contribution is 2.10. The molecule has 5 heteroatoms. The van der Waals surface area contributed by atoms with Gasteiger partial charge in [0, 0.05) is 10.5 Å². The molecular weight excluding hydrogens is 272 g/mol. The van der Waals surface area contributed by atoms with E-state index < -0.39 is 5.97 Å². The van der Waals surface area contributed by atoms with Crippen LogP contribution in [0, 0.1) is 0 Å². The van der Waals surface area contributed by atoms with Gasteiger partial charge in [0.25, 0.3) is 0 Å². The van der Waals surface area contributed by atoms with Crippen molar-refractivity contribution in [2.24, 2.45) is 7.05 Å². The molecule has 0 atom stereocenters. The Morgan fingerprint density at radius 2 is 2.10 bits per heavy atom. The van der Waals surface area contributed by atoms with Crippen molar-refractivity contribution in [2.45, 2.75) is 31.2 Å². The highest BCUT2D eigenvalue weighted by Gasteiger charge is 1.96. The maximum atomic E-state index is 10.3. The van der Waals surface area contributed by atoms with Gasteiger partial charge in [-0.15, -0.1) is 12.6 Å². The summed E-state index contributed by atoms with van der Waals surface area (Å²) in [5.74, 6) is -1.19. The summed E-state index contributed by atoms with van der Waals surface area (Å²) in [4.78, 5) is 10.7. The quantitative estimate of drug-likeness (QED) is 0.685. The van der Waals surface area contributed by atoms with Crippen molar-refractivity contribution in [1.29, 1.82) is 0 Å². The van der Waals surface area contributed by atoms with Gasteiger partial charge in [-0.05, 0) is 12.5 Å². The van der Waals surface area contributed by atoms with Gasteiger partial charge in [-0.3, -0.25) is 0 Å². The van der Waals surface area contributed by atoms with Gasteiger partial charge in [0.15, 0.2) is 0 Å². The zero-order valence-corrected chi connectivity index (χ0v) is 12.7. The van der Waals surface area contributed by atoms with Gasteiger partial charge in [-0.25, -0.2) is 9.13 Å². The first-order valence-corrected chi connectivity index (χ1v) is 6.99. The van der Waals surface area contributed by atoms with E-state index in [1.54, 1.807) is 18.2 Å². The topological polar surface area (TPSA) is 48.9 Å². The number of carboxylic acid groups (broad SMARTS) is 1. The second-order valence-electron chi connectivity index (χ2n) is 4.48. The van der Waals surface area contributed by atoms with E-state index in [-0.39, 0.29) is 5.56 Å². The van der Waals surface area contributed by atoms with Crippen molar-refractivity contribution in [3.05, 3.63) is 48.5 Å². The zero-order chi connectivity index (χ0) is 15.0. The van der Waals surface area contributed by atoms with Crippen LogP contribution in [0.2, 0.25) is 0 Å². The summed E-state index contributed by atoms with van der Waals surface area (Å²) in [6, 6.07) is 6.41. The fourth-order valence-electron chi connectivity index (χ4n) is 1.62. The average molecular weight is 292 g/mol. The van der Waals surface area contributed by atoms with Crippen LogP contribution < -0.4 is 9.67 Å². The van der Waals surface area contributed by atoms with Crippen LogP contribution in [0.4, 0.5) is 0 Å². The van der Waals surface area contributed by atoms with Gasteiger partial charge >= 0.3 is 0 Å². The first-order chi connectivity index (χ1) is 9.54. The number of carbonyl (C=O) groups excluding carboxylic acids is 1. The number of rotatable bonds is 4. The smallest absolute Gasteiger partial charge is 0.243 e. The predicted octanol–water partition coefficient (Wildman–Crippen LogP) is 1.45. The number of carbonyl (C=O) groups is 1. The van der Waals surface area contributed by atoms with Crippen LogP contribution in [-0.2, 0) is 13.6 Å². The van der Waals surface area contributed by atoms with Crippen LogP contribution in [0.5, 0.6) is 0 Å². The molecule has 2 aromatic rings. The Balaban J connectivity index is 0.000000200. The summed E-state index contributed by atoms with van der Waals surface area (Å²) < 4.78 is 4.28. The summed E-state index contributed by atoms with van der Waals surface area (Å²) in [5, 5.41) is 10.3. The molecular formula is C15H20N2O2S. The van der Waals surface area contributed by atoms with Crippen LogP contribution in [0.15, 0.2) is 47.9 Å². The SMILES string of the molecule is CCCCn1cc[n+](C)c1.O=C([O-])c1ccccc1S. The number of aromatic carboxylic acids is 1. The highest BCUT2D eigenvalue weighted by molar-refractivity contribution is 7.80. The Kier molecular flexibility index (Phi) is 6.87. The molecule has 0 radical (unpaired) electrons. The van der Waals surface area contributed by atoms with Gasteiger partial charge in [0.05, 0.1) is 19.6 Å². The lowest BCUT2D eigenvalue weighted by Gasteiger charge is -2.03. The molecule has 0 aliphatic carbocycles. The Hall–Kier alpha value is -1.75. The van der Waals surface area contributed by atoms with E-state index in [1.807, 2.05) is 7.05 Å². The van der Waals surface area contributed by atoms with Crippen molar-refractivity contribution < 1.29 is 14.5 Å². The third kappa shape index (κ3) is 5.48. The molecule has 1 aromatic carbocycles. The minimum Gasteiger partial charge on any atom is -0.545 e. The Bertz CT molecular complexity index is 552. The number of carboxylic acids is 1. The number of benzene rings is 1. The standard InChI is InChI=1S/C8H15N2.C7H6O2S/c1-3-4-5-10-7-6-9(2)8-10;8-7(9)5-3-1-2-4-6(5)10/h6-8H,3-5H2,1-2H3;1-4,10H,(H,8,9)/q+1;/p-1. The Labute approximate surface area is 125 Å². The van der Waals surface area contributed by atoms with E-state index >= 15 is 0 Å². The highest BCUT2D eigenvalue weighted by atomic mass is 32.1. The van der Waals surface area contributed by atoms with Gasteiger partial charge in [-0.2, -0.15) is 0 Å². The average Bonchev–Trinajstić information content (AvgIpc) is 2.83. The second kappa shape index (κ2) is 8.43. The molecule has 0 aliphatic heterocycles. The van der Waals surface area contributed by atoms with Crippen LogP contribution in [0.1, 0.15) is 30.1 Å². The molecule has 0 saturated carbocycles. The molecule has 0 amide bonds. The molecule has 1 aromatic heterocycles. The largest absolute Gasteiger partial charge is 0.545 e. The summed E-state index contributed by atoms with van der Waals surface area (Å²) in [6.45, 7) is 3.36.